The standard InChI is InChI=1S/C26H20N4O4S/c1-16-11-12-21-20(13-16)23(32)29(14-17-7-3-2-4-8-17)26(27-21)35-15-22(31)28-30-24(33)18-9-5-6-10-19(18)25(30)34/h2-13H,14-15H2,1H3,(H,28,31). The lowest BCUT2D eigenvalue weighted by molar-refractivity contribution is -0.121. The van der Waals surface area contributed by atoms with E-state index in [4.69, 9.17) is 0 Å². The normalized spacial score (nSPS) is 12.8. The average Bonchev–Trinajstić information content (AvgIpc) is 3.10. The number of benzene rings is 3. The van der Waals surface area contributed by atoms with E-state index in [0.717, 1.165) is 27.9 Å². The summed E-state index contributed by atoms with van der Waals surface area (Å²) in [6, 6.07) is 21.4. The van der Waals surface area contributed by atoms with E-state index in [0.29, 0.717) is 22.6 Å². The Labute approximate surface area is 204 Å². The van der Waals surface area contributed by atoms with E-state index in [1.54, 1.807) is 36.4 Å². The van der Waals surface area contributed by atoms with Crippen molar-refractivity contribution in [2.75, 3.05) is 5.75 Å². The molecule has 8 nitrogen and oxygen atoms in total. The summed E-state index contributed by atoms with van der Waals surface area (Å²) in [5.74, 6) is -1.87. The molecule has 5 rings (SSSR count). The van der Waals surface area contributed by atoms with Crippen molar-refractivity contribution in [2.45, 2.75) is 18.6 Å². The second-order valence-corrected chi connectivity index (χ2v) is 9.05. The van der Waals surface area contributed by atoms with Gasteiger partial charge < -0.3 is 0 Å². The van der Waals surface area contributed by atoms with Gasteiger partial charge in [-0.15, -0.1) is 0 Å². The topological polar surface area (TPSA) is 101 Å². The minimum absolute atomic E-state index is 0.147. The molecule has 0 atom stereocenters. The van der Waals surface area contributed by atoms with Crippen molar-refractivity contribution < 1.29 is 14.4 Å². The van der Waals surface area contributed by atoms with Gasteiger partial charge in [0.2, 0.25) is 5.91 Å². The number of nitrogens with zero attached hydrogens (tertiary/aromatic N) is 3. The summed E-state index contributed by atoms with van der Waals surface area (Å²) < 4.78 is 1.54. The Bertz CT molecular complexity index is 1510. The minimum atomic E-state index is -0.580. The largest absolute Gasteiger partial charge is 0.283 e. The first-order valence-electron chi connectivity index (χ1n) is 10.9. The highest BCUT2D eigenvalue weighted by molar-refractivity contribution is 7.99. The number of hydrazine groups is 1. The Hall–Kier alpha value is -4.24. The number of amides is 3. The van der Waals surface area contributed by atoms with E-state index >= 15 is 0 Å². The van der Waals surface area contributed by atoms with E-state index in [2.05, 4.69) is 10.4 Å². The van der Waals surface area contributed by atoms with Gasteiger partial charge in [-0.25, -0.2) is 4.98 Å². The van der Waals surface area contributed by atoms with Crippen molar-refractivity contribution in [3.63, 3.8) is 0 Å². The Balaban J connectivity index is 1.39. The highest BCUT2D eigenvalue weighted by atomic mass is 32.2. The number of thioether (sulfide) groups is 1. The first kappa shape index (κ1) is 22.5. The number of aromatic nitrogens is 2. The summed E-state index contributed by atoms with van der Waals surface area (Å²) in [7, 11) is 0. The third-order valence-corrected chi connectivity index (χ3v) is 6.60. The molecular formula is C26H20N4O4S. The summed E-state index contributed by atoms with van der Waals surface area (Å²) in [4.78, 5) is 55.7. The zero-order chi connectivity index (χ0) is 24.5. The van der Waals surface area contributed by atoms with E-state index in [1.165, 1.54) is 4.57 Å². The smallest absolute Gasteiger partial charge is 0.280 e. The summed E-state index contributed by atoms with van der Waals surface area (Å²) in [6.07, 6.45) is 0. The maximum absolute atomic E-state index is 13.4. The van der Waals surface area contributed by atoms with Crippen LogP contribution in [0.3, 0.4) is 0 Å². The molecule has 9 heteroatoms. The van der Waals surface area contributed by atoms with Gasteiger partial charge in [-0.1, -0.05) is 65.9 Å². The molecule has 3 aromatic carbocycles. The molecule has 0 saturated heterocycles. The van der Waals surface area contributed by atoms with Crippen LogP contribution in [0.5, 0.6) is 0 Å². The number of hydrogen-bond acceptors (Lipinski definition) is 6. The second-order valence-electron chi connectivity index (χ2n) is 8.11. The molecule has 2 heterocycles. The number of aryl methyl sites for hydroxylation is 1. The predicted octanol–water partition coefficient (Wildman–Crippen LogP) is 3.17. The van der Waals surface area contributed by atoms with Crippen LogP contribution in [-0.4, -0.2) is 38.0 Å². The van der Waals surface area contributed by atoms with Crippen molar-refractivity contribution in [1.82, 2.24) is 20.0 Å². The van der Waals surface area contributed by atoms with Crippen molar-refractivity contribution in [1.29, 1.82) is 0 Å². The fourth-order valence-electron chi connectivity index (χ4n) is 3.91. The van der Waals surface area contributed by atoms with E-state index in [-0.39, 0.29) is 22.4 Å². The highest BCUT2D eigenvalue weighted by Crippen LogP contribution is 2.22. The number of rotatable bonds is 6. The minimum Gasteiger partial charge on any atom is -0.283 e. The molecule has 3 amide bonds. The van der Waals surface area contributed by atoms with Gasteiger partial charge in [-0.2, -0.15) is 5.01 Å². The van der Waals surface area contributed by atoms with Crippen LogP contribution < -0.4 is 11.0 Å². The fraction of sp³-hybridized carbons (Fsp3) is 0.115. The number of imide groups is 1. The van der Waals surface area contributed by atoms with E-state index < -0.39 is 17.7 Å². The SMILES string of the molecule is Cc1ccc2nc(SCC(=O)NN3C(=O)c4ccccc4C3=O)n(Cc3ccccc3)c(=O)c2c1. The zero-order valence-corrected chi connectivity index (χ0v) is 19.5. The Morgan fingerprint density at radius 2 is 1.57 bits per heavy atom. The molecule has 174 valence electrons. The molecule has 0 unspecified atom stereocenters. The average molecular weight is 485 g/mol. The van der Waals surface area contributed by atoms with Crippen LogP contribution in [0.25, 0.3) is 10.9 Å². The molecule has 0 aliphatic carbocycles. The van der Waals surface area contributed by atoms with Crippen LogP contribution in [-0.2, 0) is 11.3 Å². The number of fused-ring (bicyclic) bond motifs is 2. The summed E-state index contributed by atoms with van der Waals surface area (Å²) >= 11 is 1.07. The molecule has 0 fully saturated rings. The Morgan fingerprint density at radius 3 is 2.26 bits per heavy atom. The number of nitrogens with one attached hydrogen (secondary N) is 1. The quantitative estimate of drug-likeness (QED) is 0.256. The maximum atomic E-state index is 13.4. The molecule has 0 bridgehead atoms. The van der Waals surface area contributed by atoms with Crippen molar-refractivity contribution in [3.8, 4) is 0 Å². The lowest BCUT2D eigenvalue weighted by Crippen LogP contribution is -2.46. The molecule has 0 saturated carbocycles. The highest BCUT2D eigenvalue weighted by Gasteiger charge is 2.36. The van der Waals surface area contributed by atoms with Crippen molar-refractivity contribution >= 4 is 40.4 Å². The van der Waals surface area contributed by atoms with Crippen LogP contribution in [0.1, 0.15) is 31.8 Å². The molecule has 1 aliphatic heterocycles. The van der Waals surface area contributed by atoms with E-state index in [9.17, 15) is 19.2 Å². The Morgan fingerprint density at radius 1 is 0.914 bits per heavy atom. The monoisotopic (exact) mass is 484 g/mol. The molecule has 0 radical (unpaired) electrons. The van der Waals surface area contributed by atoms with Gasteiger partial charge in [0, 0.05) is 0 Å². The number of carbonyl (C=O) groups excluding carboxylic acids is 3. The van der Waals surface area contributed by atoms with Crippen molar-refractivity contribution in [3.05, 3.63) is 105 Å². The van der Waals surface area contributed by atoms with Crippen LogP contribution in [0.4, 0.5) is 0 Å². The summed E-state index contributed by atoms with van der Waals surface area (Å²) in [5.41, 5.74) is 5.07. The van der Waals surface area contributed by atoms with Gasteiger partial charge in [0.05, 0.1) is 34.3 Å². The lowest BCUT2D eigenvalue weighted by atomic mass is 10.1. The molecule has 4 aromatic rings. The predicted molar refractivity (Wildman–Crippen MR) is 132 cm³/mol. The Kier molecular flexibility index (Phi) is 5.92. The number of carbonyl (C=O) groups is 3. The molecule has 0 spiro atoms. The fourth-order valence-corrected chi connectivity index (χ4v) is 4.70. The molecule has 1 aliphatic rings. The second kappa shape index (κ2) is 9.19. The van der Waals surface area contributed by atoms with Gasteiger partial charge in [-0.05, 0) is 36.8 Å². The maximum Gasteiger partial charge on any atom is 0.280 e. The van der Waals surface area contributed by atoms with Crippen LogP contribution in [0.15, 0.2) is 82.7 Å². The van der Waals surface area contributed by atoms with Gasteiger partial charge in [-0.3, -0.25) is 29.2 Å². The van der Waals surface area contributed by atoms with Gasteiger partial charge in [0.1, 0.15) is 0 Å². The van der Waals surface area contributed by atoms with Crippen LogP contribution >= 0.6 is 11.8 Å². The van der Waals surface area contributed by atoms with Gasteiger partial charge in [0.15, 0.2) is 5.16 Å². The van der Waals surface area contributed by atoms with Gasteiger partial charge in [0.25, 0.3) is 17.4 Å². The first-order chi connectivity index (χ1) is 16.9. The summed E-state index contributed by atoms with van der Waals surface area (Å²) in [6.45, 7) is 2.20. The van der Waals surface area contributed by atoms with Crippen LogP contribution in [0, 0.1) is 6.92 Å². The molecule has 1 N–H and O–H groups in total. The zero-order valence-electron chi connectivity index (χ0n) is 18.7. The molecular weight excluding hydrogens is 464 g/mol. The van der Waals surface area contributed by atoms with Crippen LogP contribution in [0.2, 0.25) is 0 Å². The molecule has 35 heavy (non-hydrogen) atoms. The first-order valence-corrected chi connectivity index (χ1v) is 11.9. The molecule has 1 aromatic heterocycles. The van der Waals surface area contributed by atoms with Crippen molar-refractivity contribution in [2.24, 2.45) is 0 Å². The third-order valence-electron chi connectivity index (χ3n) is 5.62. The van der Waals surface area contributed by atoms with E-state index in [1.807, 2.05) is 43.3 Å². The van der Waals surface area contributed by atoms with Gasteiger partial charge >= 0.3 is 0 Å². The number of hydrogen-bond donors (Lipinski definition) is 1. The third kappa shape index (κ3) is 4.33. The summed E-state index contributed by atoms with van der Waals surface area (Å²) in [5, 5.41) is 1.59. The lowest BCUT2D eigenvalue weighted by Gasteiger charge is -2.16.